The van der Waals surface area contributed by atoms with Crippen LogP contribution in [-0.2, 0) is 11.2 Å². The zero-order chi connectivity index (χ0) is 17.0. The number of H-pyrrole nitrogens is 1. The van der Waals surface area contributed by atoms with Crippen LogP contribution >= 0.6 is 22.7 Å². The largest absolute Gasteiger partial charge is 0.611 e. The summed E-state index contributed by atoms with van der Waals surface area (Å²) in [6.07, 6.45) is 5.23. The van der Waals surface area contributed by atoms with Gasteiger partial charge in [0.2, 0.25) is 4.21 Å². The molecule has 0 saturated heterocycles. The summed E-state index contributed by atoms with van der Waals surface area (Å²) in [7, 11) is 0. The number of hydrogen-bond acceptors (Lipinski definition) is 7. The van der Waals surface area contributed by atoms with Gasteiger partial charge in [-0.25, -0.2) is 19.5 Å². The molecular formula is C15H11N5O2S3. The number of nitrogens with zero attached hydrogens (tertiary/aromatic N) is 4. The van der Waals surface area contributed by atoms with Crippen molar-refractivity contribution in [3.63, 3.8) is 0 Å². The number of fused-ring (bicyclic) bond motifs is 2. The molecule has 1 unspecified atom stereocenters. The van der Waals surface area contributed by atoms with E-state index in [-0.39, 0.29) is 12.4 Å². The lowest BCUT2D eigenvalue weighted by Gasteiger charge is -2.08. The number of aromatic nitrogens is 5. The van der Waals surface area contributed by atoms with E-state index in [2.05, 4.69) is 15.1 Å². The summed E-state index contributed by atoms with van der Waals surface area (Å²) in [4.78, 5) is 14.1. The molecule has 0 amide bonds. The van der Waals surface area contributed by atoms with E-state index in [0.29, 0.717) is 4.21 Å². The normalized spacial score (nSPS) is 13.4. The fraction of sp³-hybridized carbons (Fsp3) is 0.133. The fourth-order valence-corrected chi connectivity index (χ4v) is 5.95. The molecule has 5 aromatic rings. The van der Waals surface area contributed by atoms with Crippen LogP contribution in [0.3, 0.4) is 0 Å². The molecule has 0 radical (unpaired) electrons. The van der Waals surface area contributed by atoms with Gasteiger partial charge in [0.05, 0.1) is 23.7 Å². The SMILES string of the molecule is [O-][S+](CCO)c1sc2nc(-c3nccs3)cc3c2c1[nH]n1cncc31. The minimum Gasteiger partial charge on any atom is -0.611 e. The minimum atomic E-state index is -1.29. The lowest BCUT2D eigenvalue weighted by atomic mass is 10.1. The Morgan fingerprint density at radius 2 is 2.32 bits per heavy atom. The summed E-state index contributed by atoms with van der Waals surface area (Å²) in [5.41, 5.74) is 2.50. The number of thiophene rings is 1. The molecule has 25 heavy (non-hydrogen) atoms. The van der Waals surface area contributed by atoms with Crippen molar-refractivity contribution in [1.29, 1.82) is 0 Å². The lowest BCUT2D eigenvalue weighted by molar-refractivity contribution is 0.319. The van der Waals surface area contributed by atoms with Crippen LogP contribution in [0.25, 0.3) is 37.3 Å². The number of pyridine rings is 1. The highest BCUT2D eigenvalue weighted by molar-refractivity contribution is 7.93. The lowest BCUT2D eigenvalue weighted by Crippen LogP contribution is -2.09. The molecule has 0 spiro atoms. The van der Waals surface area contributed by atoms with Gasteiger partial charge in [-0.05, 0) is 6.07 Å². The van der Waals surface area contributed by atoms with E-state index in [4.69, 9.17) is 10.1 Å². The molecule has 0 aromatic carbocycles. The van der Waals surface area contributed by atoms with Crippen LogP contribution in [0.5, 0.6) is 0 Å². The van der Waals surface area contributed by atoms with Crippen molar-refractivity contribution < 1.29 is 9.66 Å². The van der Waals surface area contributed by atoms with Crippen LogP contribution in [0.15, 0.2) is 34.4 Å². The third-order valence-electron chi connectivity index (χ3n) is 3.91. The molecule has 10 heteroatoms. The van der Waals surface area contributed by atoms with Gasteiger partial charge in [0.1, 0.15) is 33.1 Å². The molecule has 5 rings (SSSR count). The molecule has 7 nitrogen and oxygen atoms in total. The topological polar surface area (TPSA) is 102 Å². The first-order chi connectivity index (χ1) is 12.3. The maximum Gasteiger partial charge on any atom is 0.234 e. The Kier molecular flexibility index (Phi) is 3.54. The fourth-order valence-electron chi connectivity index (χ4n) is 2.88. The smallest absolute Gasteiger partial charge is 0.234 e. The van der Waals surface area contributed by atoms with Gasteiger partial charge in [-0.2, -0.15) is 0 Å². The molecule has 0 bridgehead atoms. The first-order valence-corrected chi connectivity index (χ1v) is 10.4. The first kappa shape index (κ1) is 15.3. The van der Waals surface area contributed by atoms with Gasteiger partial charge in [0.15, 0.2) is 0 Å². The number of thiazole rings is 1. The highest BCUT2D eigenvalue weighted by atomic mass is 32.2. The van der Waals surface area contributed by atoms with Crippen LogP contribution in [0.2, 0.25) is 0 Å². The Labute approximate surface area is 152 Å². The number of aliphatic hydroxyl groups is 1. The van der Waals surface area contributed by atoms with Crippen LogP contribution in [-0.4, -0.2) is 46.6 Å². The van der Waals surface area contributed by atoms with Crippen LogP contribution in [0, 0.1) is 0 Å². The molecule has 2 N–H and O–H groups in total. The summed E-state index contributed by atoms with van der Waals surface area (Å²) < 4.78 is 15.1. The summed E-state index contributed by atoms with van der Waals surface area (Å²) in [5, 5.41) is 17.1. The van der Waals surface area contributed by atoms with Crippen molar-refractivity contribution in [2.45, 2.75) is 4.21 Å². The highest BCUT2D eigenvalue weighted by Gasteiger charge is 2.24. The second-order valence-electron chi connectivity index (χ2n) is 5.37. The van der Waals surface area contributed by atoms with Gasteiger partial charge in [0.25, 0.3) is 0 Å². The highest BCUT2D eigenvalue weighted by Crippen LogP contribution is 2.40. The van der Waals surface area contributed by atoms with Gasteiger partial charge in [0, 0.05) is 28.1 Å². The second kappa shape index (κ2) is 5.78. The van der Waals surface area contributed by atoms with Crippen LogP contribution in [0.4, 0.5) is 0 Å². The van der Waals surface area contributed by atoms with E-state index in [0.717, 1.165) is 37.3 Å². The predicted octanol–water partition coefficient (Wildman–Crippen LogP) is 2.65. The van der Waals surface area contributed by atoms with Crippen LogP contribution < -0.4 is 0 Å². The third kappa shape index (κ3) is 2.29. The number of imidazole rings is 1. The van der Waals surface area contributed by atoms with E-state index in [1.54, 1.807) is 18.7 Å². The molecule has 0 saturated carbocycles. The molecule has 0 fully saturated rings. The third-order valence-corrected chi connectivity index (χ3v) is 7.56. The van der Waals surface area contributed by atoms with Gasteiger partial charge >= 0.3 is 0 Å². The monoisotopic (exact) mass is 389 g/mol. The summed E-state index contributed by atoms with van der Waals surface area (Å²) in [6.45, 7) is -0.124. The van der Waals surface area contributed by atoms with Gasteiger partial charge < -0.3 is 9.66 Å². The summed E-state index contributed by atoms with van der Waals surface area (Å²) >= 11 is 1.63. The van der Waals surface area contributed by atoms with Crippen molar-refractivity contribution in [2.75, 3.05) is 12.4 Å². The molecule has 1 atom stereocenters. The van der Waals surface area contributed by atoms with Gasteiger partial charge in [-0.1, -0.05) is 11.3 Å². The van der Waals surface area contributed by atoms with E-state index in [1.165, 1.54) is 22.7 Å². The molecule has 0 aliphatic heterocycles. The second-order valence-corrected chi connectivity index (χ2v) is 9.03. The van der Waals surface area contributed by atoms with Gasteiger partial charge in [-0.15, -0.1) is 11.3 Å². The van der Waals surface area contributed by atoms with E-state index < -0.39 is 11.2 Å². The molecular weight excluding hydrogens is 378 g/mol. The standard InChI is InChI=1S/C15H11N5O2S3/c21-2-4-25(22)15-12-11-8(10-6-16-7-20(10)19-12)5-9(18-14(11)24-15)13-17-1-3-23-13/h1,3,5-7,19,21H,2,4H2. The van der Waals surface area contributed by atoms with E-state index in [1.807, 2.05) is 16.0 Å². The molecule has 126 valence electrons. The number of aromatic amines is 1. The molecule has 5 heterocycles. The van der Waals surface area contributed by atoms with Crippen LogP contribution in [0.1, 0.15) is 0 Å². The Bertz CT molecular complexity index is 1190. The average Bonchev–Trinajstić information content (AvgIpc) is 3.35. The molecule has 0 aliphatic carbocycles. The average molecular weight is 389 g/mol. The first-order valence-electron chi connectivity index (χ1n) is 7.42. The van der Waals surface area contributed by atoms with Crippen molar-refractivity contribution in [3.8, 4) is 10.7 Å². The quantitative estimate of drug-likeness (QED) is 0.460. The number of nitrogens with one attached hydrogen (secondary N) is 1. The van der Waals surface area contributed by atoms with Crippen molar-refractivity contribution in [2.24, 2.45) is 0 Å². The van der Waals surface area contributed by atoms with Crippen molar-refractivity contribution in [1.82, 2.24) is 24.6 Å². The maximum absolute atomic E-state index is 12.6. The Morgan fingerprint density at radius 3 is 3.12 bits per heavy atom. The number of rotatable bonds is 4. The summed E-state index contributed by atoms with van der Waals surface area (Å²) in [5.74, 6) is 0.201. The zero-order valence-corrected chi connectivity index (χ0v) is 15.1. The Morgan fingerprint density at radius 1 is 1.40 bits per heavy atom. The Balaban J connectivity index is 1.90. The summed E-state index contributed by atoms with van der Waals surface area (Å²) in [6, 6.07) is 2.00. The molecule has 5 aromatic heterocycles. The maximum atomic E-state index is 12.6. The van der Waals surface area contributed by atoms with E-state index >= 15 is 0 Å². The van der Waals surface area contributed by atoms with Gasteiger partial charge in [-0.3, -0.25) is 5.10 Å². The van der Waals surface area contributed by atoms with Crippen molar-refractivity contribution >= 4 is 60.5 Å². The minimum absolute atomic E-state index is 0.124. The zero-order valence-electron chi connectivity index (χ0n) is 12.7. The molecule has 0 aliphatic rings. The number of hydrogen-bond donors (Lipinski definition) is 2. The van der Waals surface area contributed by atoms with Crippen molar-refractivity contribution in [3.05, 3.63) is 30.2 Å². The van der Waals surface area contributed by atoms with E-state index in [9.17, 15) is 4.55 Å². The number of aliphatic hydroxyl groups excluding tert-OH is 1. The predicted molar refractivity (Wildman–Crippen MR) is 99.7 cm³/mol. The Hall–Kier alpha value is -1.98.